The Hall–Kier alpha value is -2.55. The van der Waals surface area contributed by atoms with Gasteiger partial charge in [0, 0.05) is 37.4 Å². The Balaban J connectivity index is 1.87. The van der Waals surface area contributed by atoms with Gasteiger partial charge in [0.1, 0.15) is 5.69 Å². The van der Waals surface area contributed by atoms with Crippen LogP contribution in [0, 0.1) is 20.8 Å². The molecule has 24 heavy (non-hydrogen) atoms. The lowest BCUT2D eigenvalue weighted by atomic mass is 10.1. The van der Waals surface area contributed by atoms with Crippen LogP contribution >= 0.6 is 0 Å². The van der Waals surface area contributed by atoms with Gasteiger partial charge in [-0.05, 0) is 20.8 Å². The van der Waals surface area contributed by atoms with E-state index in [0.29, 0.717) is 12.1 Å². The molecule has 1 amide bonds. The normalized spacial score (nSPS) is 14.9. The number of hydrogen-bond acceptors (Lipinski definition) is 6. The molecule has 0 spiro atoms. The number of amides is 1. The first-order valence-electron chi connectivity index (χ1n) is 7.95. The molecule has 0 aromatic carbocycles. The quantitative estimate of drug-likeness (QED) is 0.766. The van der Waals surface area contributed by atoms with Gasteiger partial charge in [-0.25, -0.2) is 4.68 Å². The van der Waals surface area contributed by atoms with Crippen LogP contribution < -0.4 is 10.9 Å². The fourth-order valence-corrected chi connectivity index (χ4v) is 2.79. The SMILES string of the molecule is Cc1nn(-c2nnc(C)c(=O)[nH]2)c(C)c1CC(=O)N1CCNCC1. The van der Waals surface area contributed by atoms with Gasteiger partial charge in [-0.15, -0.1) is 10.2 Å². The molecule has 3 rings (SSSR count). The van der Waals surface area contributed by atoms with Gasteiger partial charge in [0.05, 0.1) is 12.1 Å². The molecule has 0 bridgehead atoms. The third-order valence-corrected chi connectivity index (χ3v) is 4.29. The van der Waals surface area contributed by atoms with Crippen molar-refractivity contribution in [3.63, 3.8) is 0 Å². The number of carbonyl (C=O) groups is 1. The highest BCUT2D eigenvalue weighted by Gasteiger charge is 2.21. The molecule has 2 N–H and O–H groups in total. The first-order chi connectivity index (χ1) is 11.5. The van der Waals surface area contributed by atoms with E-state index in [1.165, 1.54) is 4.68 Å². The van der Waals surface area contributed by atoms with E-state index in [1.54, 1.807) is 6.92 Å². The van der Waals surface area contributed by atoms with Gasteiger partial charge in [-0.2, -0.15) is 5.10 Å². The van der Waals surface area contributed by atoms with Crippen LogP contribution in [-0.2, 0) is 11.2 Å². The summed E-state index contributed by atoms with van der Waals surface area (Å²) in [6.07, 6.45) is 0.293. The minimum atomic E-state index is -0.300. The lowest BCUT2D eigenvalue weighted by molar-refractivity contribution is -0.131. The maximum absolute atomic E-state index is 12.5. The largest absolute Gasteiger partial charge is 0.340 e. The summed E-state index contributed by atoms with van der Waals surface area (Å²) in [5.41, 5.74) is 2.39. The van der Waals surface area contributed by atoms with E-state index in [4.69, 9.17) is 0 Å². The molecule has 9 nitrogen and oxygen atoms in total. The Morgan fingerprint density at radius 1 is 1.12 bits per heavy atom. The molecule has 128 valence electrons. The van der Waals surface area contributed by atoms with Crippen molar-refractivity contribution < 1.29 is 4.79 Å². The smallest absolute Gasteiger partial charge is 0.274 e. The Bertz CT molecular complexity index is 818. The third-order valence-electron chi connectivity index (χ3n) is 4.29. The molecule has 1 saturated heterocycles. The van der Waals surface area contributed by atoms with Crippen LogP contribution in [0.15, 0.2) is 4.79 Å². The van der Waals surface area contributed by atoms with Crippen LogP contribution in [0.4, 0.5) is 0 Å². The summed E-state index contributed by atoms with van der Waals surface area (Å²) in [5.74, 6) is 0.345. The number of aromatic amines is 1. The van der Waals surface area contributed by atoms with Crippen LogP contribution in [0.2, 0.25) is 0 Å². The van der Waals surface area contributed by atoms with E-state index in [-0.39, 0.29) is 17.4 Å². The molecule has 0 radical (unpaired) electrons. The van der Waals surface area contributed by atoms with E-state index < -0.39 is 0 Å². The first-order valence-corrected chi connectivity index (χ1v) is 7.95. The molecular formula is C15H21N7O2. The van der Waals surface area contributed by atoms with Crippen LogP contribution in [-0.4, -0.2) is 61.9 Å². The highest BCUT2D eigenvalue weighted by molar-refractivity contribution is 5.79. The minimum absolute atomic E-state index is 0.0886. The number of carbonyl (C=O) groups excluding carboxylic acids is 1. The Morgan fingerprint density at radius 2 is 1.83 bits per heavy atom. The van der Waals surface area contributed by atoms with Crippen molar-refractivity contribution in [3.8, 4) is 5.95 Å². The average molecular weight is 331 g/mol. The predicted molar refractivity (Wildman–Crippen MR) is 87.1 cm³/mol. The molecule has 2 aromatic heterocycles. The molecule has 0 saturated carbocycles. The Labute approximate surface area is 139 Å². The number of hydrogen-bond donors (Lipinski definition) is 2. The summed E-state index contributed by atoms with van der Waals surface area (Å²) in [6, 6.07) is 0. The second kappa shape index (κ2) is 6.52. The summed E-state index contributed by atoms with van der Waals surface area (Å²) in [6.45, 7) is 8.40. The van der Waals surface area contributed by atoms with Crippen molar-refractivity contribution in [1.82, 2.24) is 35.2 Å². The van der Waals surface area contributed by atoms with Crippen molar-refractivity contribution in [2.45, 2.75) is 27.2 Å². The van der Waals surface area contributed by atoms with Gasteiger partial charge in [0.2, 0.25) is 5.91 Å². The second-order valence-corrected chi connectivity index (χ2v) is 5.93. The standard InChI is InChI=1S/C15H21N7O2/c1-9-12(8-13(23)21-6-4-16-5-7-21)11(3)22(20-9)15-17-14(24)10(2)18-19-15/h16H,4-8H2,1-3H3,(H,17,19,24). The predicted octanol–water partition coefficient (Wildman–Crippen LogP) is -0.750. The average Bonchev–Trinajstić information content (AvgIpc) is 2.86. The van der Waals surface area contributed by atoms with Crippen LogP contribution in [0.25, 0.3) is 5.95 Å². The highest BCUT2D eigenvalue weighted by atomic mass is 16.2. The van der Waals surface area contributed by atoms with E-state index in [9.17, 15) is 9.59 Å². The zero-order valence-corrected chi connectivity index (χ0v) is 14.1. The number of nitrogens with zero attached hydrogens (tertiary/aromatic N) is 5. The maximum Gasteiger partial charge on any atom is 0.274 e. The van der Waals surface area contributed by atoms with Crippen molar-refractivity contribution in [1.29, 1.82) is 0 Å². The minimum Gasteiger partial charge on any atom is -0.340 e. The molecule has 1 aliphatic rings. The zero-order chi connectivity index (χ0) is 17.3. The first kappa shape index (κ1) is 16.3. The van der Waals surface area contributed by atoms with Gasteiger partial charge in [-0.1, -0.05) is 0 Å². The summed E-state index contributed by atoms with van der Waals surface area (Å²) >= 11 is 0. The molecule has 0 unspecified atom stereocenters. The van der Waals surface area contributed by atoms with Crippen molar-refractivity contribution in [3.05, 3.63) is 33.0 Å². The lowest BCUT2D eigenvalue weighted by Crippen LogP contribution is -2.47. The fraction of sp³-hybridized carbons (Fsp3) is 0.533. The van der Waals surface area contributed by atoms with Gasteiger partial charge < -0.3 is 10.2 Å². The van der Waals surface area contributed by atoms with E-state index >= 15 is 0 Å². The summed E-state index contributed by atoms with van der Waals surface area (Å²) < 4.78 is 1.53. The van der Waals surface area contributed by atoms with Crippen LogP contribution in [0.1, 0.15) is 22.6 Å². The molecule has 0 atom stereocenters. The van der Waals surface area contributed by atoms with E-state index in [1.807, 2.05) is 18.7 Å². The summed E-state index contributed by atoms with van der Waals surface area (Å²) in [4.78, 5) is 28.7. The second-order valence-electron chi connectivity index (χ2n) is 5.93. The molecule has 2 aromatic rings. The monoisotopic (exact) mass is 331 g/mol. The van der Waals surface area contributed by atoms with Crippen LogP contribution in [0.5, 0.6) is 0 Å². The highest BCUT2D eigenvalue weighted by Crippen LogP contribution is 2.17. The van der Waals surface area contributed by atoms with E-state index in [0.717, 1.165) is 43.1 Å². The fourth-order valence-electron chi connectivity index (χ4n) is 2.79. The number of nitrogens with one attached hydrogen (secondary N) is 2. The van der Waals surface area contributed by atoms with Gasteiger partial charge in [0.15, 0.2) is 0 Å². The number of aromatic nitrogens is 5. The number of piperazine rings is 1. The zero-order valence-electron chi connectivity index (χ0n) is 14.1. The lowest BCUT2D eigenvalue weighted by Gasteiger charge is -2.27. The topological polar surface area (TPSA) is 109 Å². The molecular weight excluding hydrogens is 310 g/mol. The number of rotatable bonds is 3. The maximum atomic E-state index is 12.5. The van der Waals surface area contributed by atoms with Gasteiger partial charge in [0.25, 0.3) is 11.5 Å². The molecule has 0 aliphatic carbocycles. The Kier molecular flexibility index (Phi) is 4.43. The van der Waals surface area contributed by atoms with Crippen molar-refractivity contribution in [2.24, 2.45) is 0 Å². The summed E-state index contributed by atoms with van der Waals surface area (Å²) in [7, 11) is 0. The molecule has 3 heterocycles. The Morgan fingerprint density at radius 3 is 2.50 bits per heavy atom. The molecule has 9 heteroatoms. The van der Waals surface area contributed by atoms with Crippen LogP contribution in [0.3, 0.4) is 0 Å². The number of H-pyrrole nitrogens is 1. The molecule has 1 aliphatic heterocycles. The third kappa shape index (κ3) is 3.07. The van der Waals surface area contributed by atoms with Crippen molar-refractivity contribution >= 4 is 5.91 Å². The van der Waals surface area contributed by atoms with E-state index in [2.05, 4.69) is 25.6 Å². The van der Waals surface area contributed by atoms with Gasteiger partial charge in [-0.3, -0.25) is 14.6 Å². The number of aryl methyl sites for hydroxylation is 2. The van der Waals surface area contributed by atoms with Gasteiger partial charge >= 0.3 is 0 Å². The summed E-state index contributed by atoms with van der Waals surface area (Å²) in [5, 5.41) is 15.5. The van der Waals surface area contributed by atoms with Crippen molar-refractivity contribution in [2.75, 3.05) is 26.2 Å². The molecule has 1 fully saturated rings.